The largest absolute Gasteiger partial charge is 0.351 e. The van der Waals surface area contributed by atoms with E-state index in [0.29, 0.717) is 22.3 Å². The van der Waals surface area contributed by atoms with E-state index in [9.17, 15) is 4.79 Å². The minimum atomic E-state index is -0.540. The van der Waals surface area contributed by atoms with E-state index in [1.54, 1.807) is 23.1 Å². The summed E-state index contributed by atoms with van der Waals surface area (Å²) in [4.78, 5) is 14.0. The fourth-order valence-electron chi connectivity index (χ4n) is 4.65. The van der Waals surface area contributed by atoms with Gasteiger partial charge in [-0.3, -0.25) is 4.90 Å². The van der Waals surface area contributed by atoms with Crippen molar-refractivity contribution in [3.05, 3.63) is 64.3 Å². The molecule has 1 aromatic heterocycles. The Bertz CT molecular complexity index is 1020. The molecule has 4 rings (SSSR count). The van der Waals surface area contributed by atoms with Crippen LogP contribution in [0.15, 0.2) is 48.7 Å². The van der Waals surface area contributed by atoms with E-state index in [2.05, 4.69) is 36.0 Å². The van der Waals surface area contributed by atoms with Crippen LogP contribution in [0, 0.1) is 0 Å². The number of para-hydroxylation sites is 2. The molecule has 0 bridgehead atoms. The Morgan fingerprint density at radius 1 is 1.11 bits per heavy atom. The van der Waals surface area contributed by atoms with Crippen LogP contribution in [0.1, 0.15) is 31.2 Å². The maximum atomic E-state index is 12.5. The zero-order valence-corrected chi connectivity index (χ0v) is 17.3. The Morgan fingerprint density at radius 3 is 2.39 bits per heavy atom. The first-order chi connectivity index (χ1) is 13.4. The third-order valence-corrected chi connectivity index (χ3v) is 6.57. The Labute approximate surface area is 174 Å². The van der Waals surface area contributed by atoms with Crippen LogP contribution in [0.3, 0.4) is 0 Å². The Kier molecular flexibility index (Phi) is 5.02. The van der Waals surface area contributed by atoms with Crippen molar-refractivity contribution >= 4 is 45.8 Å². The fourth-order valence-corrected chi connectivity index (χ4v) is 5.25. The van der Waals surface area contributed by atoms with Crippen LogP contribution in [0.5, 0.6) is 0 Å². The highest BCUT2D eigenvalue weighted by atomic mass is 35.5. The molecule has 0 saturated heterocycles. The van der Waals surface area contributed by atoms with Crippen molar-refractivity contribution < 1.29 is 4.79 Å². The molecule has 1 saturated carbocycles. The van der Waals surface area contributed by atoms with Crippen LogP contribution in [-0.4, -0.2) is 17.1 Å². The van der Waals surface area contributed by atoms with Gasteiger partial charge < -0.3 is 10.3 Å². The Balaban J connectivity index is 1.84. The number of fused-ring (bicyclic) bond motifs is 1. The van der Waals surface area contributed by atoms with Gasteiger partial charge in [-0.1, -0.05) is 60.3 Å². The van der Waals surface area contributed by atoms with Crippen molar-refractivity contribution in [3.63, 3.8) is 0 Å². The van der Waals surface area contributed by atoms with Gasteiger partial charge in [-0.05, 0) is 36.6 Å². The van der Waals surface area contributed by atoms with Crippen molar-refractivity contribution in [2.45, 2.75) is 31.1 Å². The molecular formula is C22H23Cl2N3O. The number of rotatable bonds is 4. The molecule has 1 aliphatic carbocycles. The summed E-state index contributed by atoms with van der Waals surface area (Å²) >= 11 is 12.8. The smallest absolute Gasteiger partial charge is 0.319 e. The topological polar surface area (TPSA) is 51.3 Å². The molecule has 0 unspecified atom stereocenters. The lowest BCUT2D eigenvalue weighted by molar-refractivity contribution is 0.251. The molecule has 146 valence electrons. The summed E-state index contributed by atoms with van der Waals surface area (Å²) < 4.78 is 2.15. The normalized spacial score (nSPS) is 15.8. The fraction of sp³-hybridized carbons (Fsp3) is 0.318. The molecule has 28 heavy (non-hydrogen) atoms. The maximum Gasteiger partial charge on any atom is 0.319 e. The summed E-state index contributed by atoms with van der Waals surface area (Å²) in [6, 6.07) is 13.1. The van der Waals surface area contributed by atoms with Crippen molar-refractivity contribution in [1.29, 1.82) is 0 Å². The third-order valence-electron chi connectivity index (χ3n) is 5.96. The molecule has 0 radical (unpaired) electrons. The number of aromatic nitrogens is 1. The molecule has 3 aromatic rings. The molecule has 0 aliphatic heterocycles. The number of primary amides is 1. The maximum absolute atomic E-state index is 12.5. The number of carbonyl (C=O) groups excluding carboxylic acids is 1. The monoisotopic (exact) mass is 415 g/mol. The number of amides is 2. The molecule has 1 heterocycles. The number of carbonyl (C=O) groups is 1. The van der Waals surface area contributed by atoms with Crippen LogP contribution < -0.4 is 10.6 Å². The molecule has 2 amide bonds. The molecule has 1 fully saturated rings. The number of hydrogen-bond donors (Lipinski definition) is 1. The zero-order valence-electron chi connectivity index (χ0n) is 15.8. The van der Waals surface area contributed by atoms with E-state index >= 15 is 0 Å². The number of aryl methyl sites for hydroxylation is 1. The molecule has 0 atom stereocenters. The molecule has 2 aromatic carbocycles. The highest BCUT2D eigenvalue weighted by Gasteiger charge is 2.41. The highest BCUT2D eigenvalue weighted by Crippen LogP contribution is 2.46. The Morgan fingerprint density at radius 2 is 1.75 bits per heavy atom. The number of nitrogens with zero attached hydrogens (tertiary/aromatic N) is 2. The molecule has 0 spiro atoms. The molecular weight excluding hydrogens is 393 g/mol. The quantitative estimate of drug-likeness (QED) is 0.567. The Hall–Kier alpha value is -2.17. The van der Waals surface area contributed by atoms with Gasteiger partial charge in [0.05, 0.1) is 15.7 Å². The van der Waals surface area contributed by atoms with Crippen LogP contribution in [-0.2, 0) is 12.5 Å². The number of anilines is 1. The second kappa shape index (κ2) is 7.34. The van der Waals surface area contributed by atoms with Crippen molar-refractivity contribution in [2.24, 2.45) is 12.8 Å². The van der Waals surface area contributed by atoms with Gasteiger partial charge in [0.1, 0.15) is 0 Å². The third kappa shape index (κ3) is 3.15. The summed E-state index contributed by atoms with van der Waals surface area (Å²) in [5, 5.41) is 2.08. The van der Waals surface area contributed by atoms with E-state index in [0.717, 1.165) is 25.7 Å². The minimum absolute atomic E-state index is 0.182. The number of hydrogen-bond acceptors (Lipinski definition) is 1. The second-order valence-corrected chi connectivity index (χ2v) is 8.47. The lowest BCUT2D eigenvalue weighted by Gasteiger charge is -2.35. The average Bonchev–Trinajstić information content (AvgIpc) is 3.27. The first-order valence-corrected chi connectivity index (χ1v) is 10.2. The van der Waals surface area contributed by atoms with Gasteiger partial charge in [0.15, 0.2) is 0 Å². The first kappa shape index (κ1) is 19.2. The number of urea groups is 1. The molecule has 4 nitrogen and oxygen atoms in total. The first-order valence-electron chi connectivity index (χ1n) is 9.48. The summed E-state index contributed by atoms with van der Waals surface area (Å²) in [7, 11) is 2.06. The van der Waals surface area contributed by atoms with Gasteiger partial charge in [-0.2, -0.15) is 0 Å². The van der Waals surface area contributed by atoms with E-state index in [4.69, 9.17) is 28.9 Å². The van der Waals surface area contributed by atoms with Gasteiger partial charge in [0.25, 0.3) is 0 Å². The number of halogens is 2. The summed E-state index contributed by atoms with van der Waals surface area (Å²) in [5.74, 6) is 0. The minimum Gasteiger partial charge on any atom is -0.351 e. The van der Waals surface area contributed by atoms with Crippen molar-refractivity contribution in [1.82, 2.24) is 4.57 Å². The summed E-state index contributed by atoms with van der Waals surface area (Å²) in [6.07, 6.45) is 6.42. The highest BCUT2D eigenvalue weighted by molar-refractivity contribution is 6.39. The predicted molar refractivity (Wildman–Crippen MR) is 116 cm³/mol. The lowest BCUT2D eigenvalue weighted by Crippen LogP contribution is -2.45. The van der Waals surface area contributed by atoms with Crippen LogP contribution in [0.2, 0.25) is 10.0 Å². The van der Waals surface area contributed by atoms with Crippen molar-refractivity contribution in [2.75, 3.05) is 11.4 Å². The van der Waals surface area contributed by atoms with Gasteiger partial charge >= 0.3 is 6.03 Å². The molecule has 6 heteroatoms. The molecule has 2 N–H and O–H groups in total. The van der Waals surface area contributed by atoms with Gasteiger partial charge in [-0.25, -0.2) is 4.79 Å². The second-order valence-electron chi connectivity index (χ2n) is 7.65. The van der Waals surface area contributed by atoms with E-state index in [-0.39, 0.29) is 5.41 Å². The average molecular weight is 416 g/mol. The number of benzene rings is 2. The van der Waals surface area contributed by atoms with Gasteiger partial charge in [0, 0.05) is 36.1 Å². The van der Waals surface area contributed by atoms with Crippen LogP contribution >= 0.6 is 23.2 Å². The van der Waals surface area contributed by atoms with Crippen molar-refractivity contribution in [3.8, 4) is 0 Å². The number of nitrogens with two attached hydrogens (primary N) is 1. The van der Waals surface area contributed by atoms with E-state index in [1.807, 2.05) is 6.07 Å². The predicted octanol–water partition coefficient (Wildman–Crippen LogP) is 5.88. The van der Waals surface area contributed by atoms with E-state index < -0.39 is 6.03 Å². The molecule has 1 aliphatic rings. The van der Waals surface area contributed by atoms with Gasteiger partial charge in [0.2, 0.25) is 0 Å². The van der Waals surface area contributed by atoms with Gasteiger partial charge in [-0.15, -0.1) is 0 Å². The summed E-state index contributed by atoms with van der Waals surface area (Å²) in [5.41, 5.74) is 8.56. The zero-order chi connectivity index (χ0) is 19.9. The summed E-state index contributed by atoms with van der Waals surface area (Å²) in [6.45, 7) is 0.458. The standard InChI is InChI=1S/C22H23Cl2N3O/c1-26-13-16(15-7-2-3-10-19(15)26)22(11-4-5-12-22)14-27(21(25)28)20-17(23)8-6-9-18(20)24/h2-3,6-10,13H,4-5,11-12,14H2,1H3,(H2,25,28). The lowest BCUT2D eigenvalue weighted by atomic mass is 9.78. The van der Waals surface area contributed by atoms with Crippen LogP contribution in [0.4, 0.5) is 10.5 Å². The van der Waals surface area contributed by atoms with Crippen LogP contribution in [0.25, 0.3) is 10.9 Å². The van der Waals surface area contributed by atoms with E-state index in [1.165, 1.54) is 16.5 Å². The SMILES string of the molecule is Cn1cc(C2(CN(C(N)=O)c3c(Cl)cccc3Cl)CCCC2)c2ccccc21.